The average molecular weight is 695 g/mol. The van der Waals surface area contributed by atoms with Crippen LogP contribution in [0.2, 0.25) is 0 Å². The van der Waals surface area contributed by atoms with Gasteiger partial charge in [-0.05, 0) is 30.7 Å². The van der Waals surface area contributed by atoms with Crippen LogP contribution in [0.3, 0.4) is 0 Å². The fraction of sp³-hybridized carbons (Fsp3) is 0.0513. The number of phenolic OH excluding ortho intramolecular Hbond substituents is 8. The Morgan fingerprint density at radius 3 is 1.50 bits per heavy atom. The number of rotatable bonds is 4. The molecule has 8 aromatic rings. The Morgan fingerprint density at radius 2 is 0.981 bits per heavy atom. The second-order valence-electron chi connectivity index (χ2n) is 12.4. The van der Waals surface area contributed by atoms with Gasteiger partial charge < -0.3 is 49.8 Å². The number of furan rings is 1. The molecule has 3 aromatic heterocycles. The van der Waals surface area contributed by atoms with E-state index < -0.39 is 56.8 Å². The first kappa shape index (κ1) is 30.6. The van der Waals surface area contributed by atoms with Crippen molar-refractivity contribution in [2.24, 2.45) is 0 Å². The third-order valence-electron chi connectivity index (χ3n) is 9.41. The van der Waals surface area contributed by atoms with Gasteiger partial charge in [0.25, 0.3) is 0 Å². The van der Waals surface area contributed by atoms with Crippen molar-refractivity contribution in [1.82, 2.24) is 19.5 Å². The van der Waals surface area contributed by atoms with Crippen LogP contribution in [0.15, 0.2) is 83.3 Å². The summed E-state index contributed by atoms with van der Waals surface area (Å²) < 4.78 is 7.47. The molecule has 9 rings (SSSR count). The second kappa shape index (κ2) is 11.1. The highest BCUT2D eigenvalue weighted by Gasteiger charge is 2.33. The third-order valence-corrected chi connectivity index (χ3v) is 9.41. The predicted molar refractivity (Wildman–Crippen MR) is 191 cm³/mol. The Bertz CT molecular complexity index is 2690. The van der Waals surface area contributed by atoms with Crippen LogP contribution in [0.1, 0.15) is 17.7 Å². The van der Waals surface area contributed by atoms with Gasteiger partial charge in [-0.1, -0.05) is 60.7 Å². The van der Waals surface area contributed by atoms with Crippen LogP contribution in [0, 0.1) is 0 Å². The van der Waals surface area contributed by atoms with Crippen molar-refractivity contribution in [3.8, 4) is 80.2 Å². The zero-order valence-corrected chi connectivity index (χ0v) is 26.8. The van der Waals surface area contributed by atoms with Gasteiger partial charge in [0, 0.05) is 39.8 Å². The van der Waals surface area contributed by atoms with Crippen LogP contribution >= 0.6 is 0 Å². The SMILES string of the molecule is Oc1c(O)c(O)c2c(c1O)c1c(O)c(O)c(O)c(O)c1n2C1=Cc2c(oc3ccc(-c4nc(-c5ccccc5)nc(-c5ccccc5)n4)cc23)CC1. The molecule has 0 atom stereocenters. The molecule has 0 aliphatic heterocycles. The van der Waals surface area contributed by atoms with E-state index in [4.69, 9.17) is 19.4 Å². The van der Waals surface area contributed by atoms with Crippen molar-refractivity contribution >= 4 is 44.5 Å². The van der Waals surface area contributed by atoms with E-state index in [1.165, 1.54) is 4.57 Å². The number of aryl methyl sites for hydroxylation is 1. The summed E-state index contributed by atoms with van der Waals surface area (Å²) >= 11 is 0. The number of hydrogen-bond acceptors (Lipinski definition) is 12. The van der Waals surface area contributed by atoms with Crippen molar-refractivity contribution in [3.05, 3.63) is 90.2 Å². The van der Waals surface area contributed by atoms with Crippen LogP contribution in [0.4, 0.5) is 0 Å². The summed E-state index contributed by atoms with van der Waals surface area (Å²) in [5.74, 6) is -5.92. The lowest BCUT2D eigenvalue weighted by molar-refractivity contribution is 0.350. The Labute approximate surface area is 292 Å². The summed E-state index contributed by atoms with van der Waals surface area (Å²) in [5, 5.41) is 85.7. The molecule has 1 aliphatic carbocycles. The maximum atomic E-state index is 11.1. The van der Waals surface area contributed by atoms with E-state index >= 15 is 0 Å². The molecular weight excluding hydrogens is 668 g/mol. The summed E-state index contributed by atoms with van der Waals surface area (Å²) in [4.78, 5) is 14.4. The van der Waals surface area contributed by atoms with Gasteiger partial charge in [0.05, 0.1) is 10.8 Å². The van der Waals surface area contributed by atoms with Gasteiger partial charge in [0.2, 0.25) is 23.0 Å². The molecule has 13 nitrogen and oxygen atoms in total. The third kappa shape index (κ3) is 4.32. The fourth-order valence-corrected chi connectivity index (χ4v) is 6.92. The summed E-state index contributed by atoms with van der Waals surface area (Å²) in [6.45, 7) is 0. The lowest BCUT2D eigenvalue weighted by Gasteiger charge is -2.18. The first-order valence-corrected chi connectivity index (χ1v) is 16.1. The lowest BCUT2D eigenvalue weighted by Crippen LogP contribution is -2.04. The molecule has 8 N–H and O–H groups in total. The van der Waals surface area contributed by atoms with Crippen molar-refractivity contribution in [2.75, 3.05) is 0 Å². The van der Waals surface area contributed by atoms with Gasteiger partial charge in [-0.25, -0.2) is 15.0 Å². The maximum Gasteiger partial charge on any atom is 0.206 e. The van der Waals surface area contributed by atoms with E-state index in [0.29, 0.717) is 57.4 Å². The maximum absolute atomic E-state index is 11.1. The summed E-state index contributed by atoms with van der Waals surface area (Å²) in [6.07, 6.45) is 2.25. The number of fused-ring (bicyclic) bond motifs is 6. The largest absolute Gasteiger partial charge is 0.504 e. The number of hydrogen-bond donors (Lipinski definition) is 8. The van der Waals surface area contributed by atoms with Gasteiger partial charge >= 0.3 is 0 Å². The number of aromatic hydroxyl groups is 8. The van der Waals surface area contributed by atoms with Crippen molar-refractivity contribution in [3.63, 3.8) is 0 Å². The van der Waals surface area contributed by atoms with Gasteiger partial charge in [-0.2, -0.15) is 0 Å². The van der Waals surface area contributed by atoms with Crippen molar-refractivity contribution < 1.29 is 45.3 Å². The summed E-state index contributed by atoms with van der Waals surface area (Å²) in [5.41, 5.74) is 3.22. The zero-order chi connectivity index (χ0) is 36.0. The van der Waals surface area contributed by atoms with Crippen molar-refractivity contribution in [1.29, 1.82) is 0 Å². The highest BCUT2D eigenvalue weighted by Crippen LogP contribution is 2.59. The number of phenols is 8. The number of allylic oxidation sites excluding steroid dienone is 1. The summed E-state index contributed by atoms with van der Waals surface area (Å²) in [7, 11) is 0. The highest BCUT2D eigenvalue weighted by molar-refractivity contribution is 6.22. The molecule has 5 aromatic carbocycles. The minimum Gasteiger partial charge on any atom is -0.504 e. The van der Waals surface area contributed by atoms with Gasteiger partial charge in [-0.3, -0.25) is 0 Å². The van der Waals surface area contributed by atoms with Crippen LogP contribution < -0.4 is 0 Å². The Kier molecular flexibility index (Phi) is 6.51. The first-order chi connectivity index (χ1) is 25.1. The Balaban J connectivity index is 1.27. The molecule has 52 heavy (non-hydrogen) atoms. The molecule has 0 spiro atoms. The molecule has 0 bridgehead atoms. The predicted octanol–water partition coefficient (Wildman–Crippen LogP) is 7.32. The molecule has 0 radical (unpaired) electrons. The van der Waals surface area contributed by atoms with E-state index in [1.54, 1.807) is 12.1 Å². The zero-order valence-electron chi connectivity index (χ0n) is 26.8. The van der Waals surface area contributed by atoms with E-state index in [9.17, 15) is 40.9 Å². The fourth-order valence-electron chi connectivity index (χ4n) is 6.92. The van der Waals surface area contributed by atoms with Gasteiger partial charge in [0.15, 0.2) is 40.5 Å². The molecule has 3 heterocycles. The van der Waals surface area contributed by atoms with Crippen LogP contribution in [-0.2, 0) is 6.42 Å². The smallest absolute Gasteiger partial charge is 0.206 e. The van der Waals surface area contributed by atoms with Crippen LogP contribution in [0.25, 0.3) is 78.7 Å². The Morgan fingerprint density at radius 1 is 0.500 bits per heavy atom. The molecular formula is C39H26N4O9. The average Bonchev–Trinajstić information content (AvgIpc) is 3.74. The molecule has 256 valence electrons. The topological polar surface area (TPSA) is 219 Å². The van der Waals surface area contributed by atoms with E-state index in [0.717, 1.165) is 11.1 Å². The molecule has 0 fully saturated rings. The number of aromatic nitrogens is 4. The molecule has 0 saturated carbocycles. The van der Waals surface area contributed by atoms with Crippen molar-refractivity contribution in [2.45, 2.75) is 12.8 Å². The second-order valence-corrected chi connectivity index (χ2v) is 12.4. The molecule has 0 amide bonds. The van der Waals surface area contributed by atoms with Crippen LogP contribution in [0.5, 0.6) is 46.0 Å². The van der Waals surface area contributed by atoms with Gasteiger partial charge in [-0.15, -0.1) is 0 Å². The first-order valence-electron chi connectivity index (χ1n) is 16.1. The normalized spacial score (nSPS) is 12.8. The number of benzene rings is 5. The van der Waals surface area contributed by atoms with E-state index in [1.807, 2.05) is 72.8 Å². The quantitative estimate of drug-likeness (QED) is 0.0671. The highest BCUT2D eigenvalue weighted by atomic mass is 16.4. The Hall–Kier alpha value is -7.41. The van der Waals surface area contributed by atoms with Gasteiger partial charge in [0.1, 0.15) is 22.4 Å². The molecule has 0 saturated heterocycles. The summed E-state index contributed by atoms with van der Waals surface area (Å²) in [6, 6.07) is 24.6. The van der Waals surface area contributed by atoms with E-state index in [2.05, 4.69) is 0 Å². The number of nitrogens with zero attached hydrogens (tertiary/aromatic N) is 4. The van der Waals surface area contributed by atoms with Crippen LogP contribution in [-0.4, -0.2) is 60.4 Å². The standard InChI is InChI=1S/C39H26N4O9/c44-29-25-26-28(32(47)36(51)34(49)30(26)45)43(27(25)31(46)35(50)33(29)48)20-12-14-24-22(16-20)21-15-19(11-13-23(21)52-24)39-41-37(17-7-3-1-4-8-17)40-38(42-39)18-9-5-2-6-10-18/h1-11,13,15-16,44-51H,12,14H2. The molecule has 1 aliphatic rings. The minimum atomic E-state index is -1.09. The van der Waals surface area contributed by atoms with E-state index in [-0.39, 0.29) is 17.5 Å². The monoisotopic (exact) mass is 694 g/mol. The molecule has 13 heteroatoms. The minimum absolute atomic E-state index is 0.219. The molecule has 0 unspecified atom stereocenters. The lowest BCUT2D eigenvalue weighted by atomic mass is 9.98.